The lowest BCUT2D eigenvalue weighted by Gasteiger charge is -2.42. The van der Waals surface area contributed by atoms with Gasteiger partial charge in [-0.05, 0) is 23.3 Å². The Bertz CT molecular complexity index is 841. The maximum Gasteiger partial charge on any atom is 0.127 e. The van der Waals surface area contributed by atoms with Crippen molar-refractivity contribution in [2.24, 2.45) is 0 Å². The van der Waals surface area contributed by atoms with Crippen LogP contribution in [0.1, 0.15) is 25.3 Å². The molecular formula is C25H34N2O3. The van der Waals surface area contributed by atoms with Crippen LogP contribution in [0, 0.1) is 0 Å². The molecule has 0 amide bonds. The molecule has 1 atom stereocenters. The second kappa shape index (κ2) is 10.4. The summed E-state index contributed by atoms with van der Waals surface area (Å²) in [5.41, 5.74) is 1.10. The van der Waals surface area contributed by atoms with Crippen LogP contribution in [0.4, 0.5) is 0 Å². The van der Waals surface area contributed by atoms with Crippen molar-refractivity contribution >= 4 is 16.8 Å². The van der Waals surface area contributed by atoms with Crippen LogP contribution in [-0.2, 0) is 4.74 Å². The molecule has 5 nitrogen and oxygen atoms in total. The SMILES string of the molecule is CCC/C=C/c1c(OCC(O)CN2CCN(C3COC3)CC2)ccc2ccccc12. The lowest BCUT2D eigenvalue weighted by Crippen LogP contribution is -2.57. The van der Waals surface area contributed by atoms with E-state index in [0.29, 0.717) is 19.2 Å². The number of hydrogen-bond donors (Lipinski definition) is 1. The van der Waals surface area contributed by atoms with Crippen LogP contribution >= 0.6 is 0 Å². The van der Waals surface area contributed by atoms with Gasteiger partial charge in [0, 0.05) is 38.3 Å². The fraction of sp³-hybridized carbons (Fsp3) is 0.520. The molecule has 30 heavy (non-hydrogen) atoms. The molecule has 0 aliphatic carbocycles. The van der Waals surface area contributed by atoms with E-state index < -0.39 is 6.10 Å². The number of hydrogen-bond acceptors (Lipinski definition) is 5. The van der Waals surface area contributed by atoms with Gasteiger partial charge in [-0.15, -0.1) is 0 Å². The quantitative estimate of drug-likeness (QED) is 0.686. The molecule has 2 saturated heterocycles. The lowest BCUT2D eigenvalue weighted by atomic mass is 10.0. The normalized spacial score (nSPS) is 19.9. The van der Waals surface area contributed by atoms with Crippen molar-refractivity contribution in [2.45, 2.75) is 31.9 Å². The van der Waals surface area contributed by atoms with Gasteiger partial charge in [0.15, 0.2) is 0 Å². The van der Waals surface area contributed by atoms with Crippen LogP contribution in [0.25, 0.3) is 16.8 Å². The van der Waals surface area contributed by atoms with Gasteiger partial charge >= 0.3 is 0 Å². The maximum atomic E-state index is 10.6. The number of aliphatic hydroxyl groups is 1. The minimum Gasteiger partial charge on any atom is -0.490 e. The fourth-order valence-electron chi connectivity index (χ4n) is 4.22. The van der Waals surface area contributed by atoms with Gasteiger partial charge in [-0.25, -0.2) is 0 Å². The topological polar surface area (TPSA) is 45.2 Å². The molecule has 2 aliphatic rings. The Kier molecular flexibility index (Phi) is 7.39. The van der Waals surface area contributed by atoms with Crippen LogP contribution < -0.4 is 4.74 Å². The number of nitrogens with zero attached hydrogens (tertiary/aromatic N) is 2. The number of aliphatic hydroxyl groups excluding tert-OH is 1. The summed E-state index contributed by atoms with van der Waals surface area (Å²) in [5, 5.41) is 13.0. The van der Waals surface area contributed by atoms with E-state index in [-0.39, 0.29) is 0 Å². The Hall–Kier alpha value is -1.92. The minimum absolute atomic E-state index is 0.309. The van der Waals surface area contributed by atoms with E-state index in [1.165, 1.54) is 10.8 Å². The summed E-state index contributed by atoms with van der Waals surface area (Å²) in [6.07, 6.45) is 6.04. The number of β-amino-alcohol motifs (C(OH)–C–C–N with tert-alkyl or cyclic N) is 1. The molecule has 2 aromatic rings. The molecule has 1 N–H and O–H groups in total. The van der Waals surface area contributed by atoms with Crippen molar-refractivity contribution < 1.29 is 14.6 Å². The van der Waals surface area contributed by atoms with Gasteiger partial charge in [0.25, 0.3) is 0 Å². The fourth-order valence-corrected chi connectivity index (χ4v) is 4.22. The second-order valence-corrected chi connectivity index (χ2v) is 8.38. The van der Waals surface area contributed by atoms with Crippen LogP contribution in [0.15, 0.2) is 42.5 Å². The second-order valence-electron chi connectivity index (χ2n) is 8.38. The van der Waals surface area contributed by atoms with Crippen molar-refractivity contribution in [3.63, 3.8) is 0 Å². The Morgan fingerprint density at radius 3 is 2.67 bits per heavy atom. The summed E-state index contributed by atoms with van der Waals surface area (Å²) in [7, 11) is 0. The molecule has 0 aromatic heterocycles. The van der Waals surface area contributed by atoms with Crippen molar-refractivity contribution in [2.75, 3.05) is 52.5 Å². The zero-order valence-corrected chi connectivity index (χ0v) is 18.0. The Balaban J connectivity index is 1.34. The Morgan fingerprint density at radius 1 is 1.13 bits per heavy atom. The average molecular weight is 411 g/mol. The third kappa shape index (κ3) is 5.22. The molecular weight excluding hydrogens is 376 g/mol. The van der Waals surface area contributed by atoms with Gasteiger partial charge in [0.2, 0.25) is 0 Å². The highest BCUT2D eigenvalue weighted by molar-refractivity contribution is 5.93. The number of ether oxygens (including phenoxy) is 2. The van der Waals surface area contributed by atoms with Gasteiger partial charge in [-0.1, -0.05) is 55.8 Å². The molecule has 2 aliphatic heterocycles. The summed E-state index contributed by atoms with van der Waals surface area (Å²) in [6, 6.07) is 13.1. The minimum atomic E-state index is -0.498. The van der Waals surface area contributed by atoms with Gasteiger partial charge in [-0.3, -0.25) is 9.80 Å². The predicted octanol–water partition coefficient (Wildman–Crippen LogP) is 3.41. The first-order valence-electron chi connectivity index (χ1n) is 11.3. The van der Waals surface area contributed by atoms with E-state index in [4.69, 9.17) is 9.47 Å². The Morgan fingerprint density at radius 2 is 1.93 bits per heavy atom. The predicted molar refractivity (Wildman–Crippen MR) is 122 cm³/mol. The van der Waals surface area contributed by atoms with Gasteiger partial charge < -0.3 is 14.6 Å². The van der Waals surface area contributed by atoms with E-state index >= 15 is 0 Å². The highest BCUT2D eigenvalue weighted by Gasteiger charge is 2.29. The number of piperazine rings is 1. The summed E-state index contributed by atoms with van der Waals surface area (Å²) >= 11 is 0. The van der Waals surface area contributed by atoms with Crippen molar-refractivity contribution in [1.82, 2.24) is 9.80 Å². The smallest absolute Gasteiger partial charge is 0.127 e. The largest absolute Gasteiger partial charge is 0.490 e. The van der Waals surface area contributed by atoms with E-state index in [1.54, 1.807) is 0 Å². The molecule has 4 rings (SSSR count). The first kappa shape index (κ1) is 21.3. The van der Waals surface area contributed by atoms with E-state index in [1.807, 2.05) is 6.07 Å². The van der Waals surface area contributed by atoms with E-state index in [9.17, 15) is 5.11 Å². The number of rotatable bonds is 9. The van der Waals surface area contributed by atoms with Crippen molar-refractivity contribution in [3.05, 3.63) is 48.0 Å². The molecule has 5 heteroatoms. The molecule has 0 saturated carbocycles. The first-order chi connectivity index (χ1) is 14.7. The van der Waals surface area contributed by atoms with Gasteiger partial charge in [0.05, 0.1) is 19.3 Å². The highest BCUT2D eigenvalue weighted by atomic mass is 16.5. The average Bonchev–Trinajstić information content (AvgIpc) is 2.73. The molecule has 0 bridgehead atoms. The van der Waals surface area contributed by atoms with E-state index in [0.717, 1.165) is 63.5 Å². The van der Waals surface area contributed by atoms with Gasteiger partial charge in [0.1, 0.15) is 18.5 Å². The summed E-state index contributed by atoms with van der Waals surface area (Å²) < 4.78 is 11.4. The summed E-state index contributed by atoms with van der Waals surface area (Å²) in [6.45, 7) is 8.99. The van der Waals surface area contributed by atoms with Crippen LogP contribution in [0.5, 0.6) is 5.75 Å². The maximum absolute atomic E-state index is 10.6. The van der Waals surface area contributed by atoms with Crippen LogP contribution in [-0.4, -0.2) is 79.6 Å². The monoisotopic (exact) mass is 410 g/mol. The zero-order valence-electron chi connectivity index (χ0n) is 18.0. The standard InChI is InChI=1S/C25H34N2O3/c1-2-3-4-9-24-23-8-6-5-7-20(23)10-11-25(24)30-19-22(28)16-26-12-14-27(15-13-26)21-17-29-18-21/h4-11,21-22,28H,2-3,12-19H2,1H3/b9-4+. The summed E-state index contributed by atoms with van der Waals surface area (Å²) in [5.74, 6) is 0.843. The zero-order chi connectivity index (χ0) is 20.8. The number of fused-ring (bicyclic) bond motifs is 1. The summed E-state index contributed by atoms with van der Waals surface area (Å²) in [4.78, 5) is 4.85. The third-order valence-electron chi connectivity index (χ3n) is 6.11. The van der Waals surface area contributed by atoms with Gasteiger partial charge in [-0.2, -0.15) is 0 Å². The van der Waals surface area contributed by atoms with Crippen LogP contribution in [0.3, 0.4) is 0 Å². The number of allylic oxidation sites excluding steroid dienone is 1. The van der Waals surface area contributed by atoms with Crippen molar-refractivity contribution in [3.8, 4) is 5.75 Å². The van der Waals surface area contributed by atoms with Crippen LogP contribution in [0.2, 0.25) is 0 Å². The number of unbranched alkanes of at least 4 members (excludes halogenated alkanes) is 1. The molecule has 0 radical (unpaired) electrons. The van der Waals surface area contributed by atoms with E-state index in [2.05, 4.69) is 59.2 Å². The lowest BCUT2D eigenvalue weighted by molar-refractivity contribution is -0.0793. The Labute approximate surface area is 179 Å². The number of benzene rings is 2. The third-order valence-corrected chi connectivity index (χ3v) is 6.11. The first-order valence-corrected chi connectivity index (χ1v) is 11.3. The molecule has 162 valence electrons. The molecule has 2 fully saturated rings. The van der Waals surface area contributed by atoms with Crippen molar-refractivity contribution in [1.29, 1.82) is 0 Å². The molecule has 2 heterocycles. The highest BCUT2D eigenvalue weighted by Crippen LogP contribution is 2.30. The molecule has 0 spiro atoms. The molecule has 2 aromatic carbocycles. The molecule has 1 unspecified atom stereocenters.